The molecule has 0 aliphatic carbocycles. The predicted octanol–water partition coefficient (Wildman–Crippen LogP) is 6.87. The number of anilines is 1. The van der Waals surface area contributed by atoms with Gasteiger partial charge in [0.1, 0.15) is 12.1 Å². The molecule has 0 bridgehead atoms. The number of urea groups is 1. The Kier molecular flexibility index (Phi) is 9.87. The molecule has 45 heavy (non-hydrogen) atoms. The summed E-state index contributed by atoms with van der Waals surface area (Å²) in [6.45, 7) is 4.42. The Balaban J connectivity index is 1.12. The van der Waals surface area contributed by atoms with Crippen LogP contribution in [0.1, 0.15) is 36.5 Å². The van der Waals surface area contributed by atoms with E-state index >= 15 is 0 Å². The van der Waals surface area contributed by atoms with Gasteiger partial charge in [0, 0.05) is 12.1 Å². The van der Waals surface area contributed by atoms with Crippen molar-refractivity contribution in [3.05, 3.63) is 89.7 Å². The highest BCUT2D eigenvalue weighted by molar-refractivity contribution is 8.15. The number of alkyl halides is 3. The summed E-state index contributed by atoms with van der Waals surface area (Å²) in [6.07, 6.45) is -0.181. The summed E-state index contributed by atoms with van der Waals surface area (Å²) in [5.74, 6) is 0.319. The predicted molar refractivity (Wildman–Crippen MR) is 168 cm³/mol. The van der Waals surface area contributed by atoms with Gasteiger partial charge in [0.25, 0.3) is 0 Å². The number of amidine groups is 1. The van der Waals surface area contributed by atoms with Gasteiger partial charge in [-0.2, -0.15) is 4.99 Å². The van der Waals surface area contributed by atoms with Gasteiger partial charge in [-0.05, 0) is 79.6 Å². The molecule has 1 aromatic heterocycles. The van der Waals surface area contributed by atoms with Crippen LogP contribution in [-0.2, 0) is 17.6 Å². The smallest absolute Gasteiger partial charge is 0.406 e. The minimum Gasteiger partial charge on any atom is -0.406 e. The Morgan fingerprint density at radius 2 is 1.87 bits per heavy atom. The van der Waals surface area contributed by atoms with E-state index in [1.807, 2.05) is 56.3 Å². The molecule has 2 heterocycles. The van der Waals surface area contributed by atoms with Crippen LogP contribution in [0.5, 0.6) is 5.75 Å². The summed E-state index contributed by atoms with van der Waals surface area (Å²) in [6, 6.07) is 18.6. The van der Waals surface area contributed by atoms with Crippen molar-refractivity contribution in [1.82, 2.24) is 20.1 Å². The fourth-order valence-electron chi connectivity index (χ4n) is 4.95. The first-order valence-corrected chi connectivity index (χ1v) is 15.4. The Bertz CT molecular complexity index is 1700. The zero-order valence-corrected chi connectivity index (χ0v) is 25.5. The Morgan fingerprint density at radius 1 is 1.09 bits per heavy atom. The molecule has 9 nitrogen and oxygen atoms in total. The highest BCUT2D eigenvalue weighted by Gasteiger charge is 2.33. The van der Waals surface area contributed by atoms with Crippen molar-refractivity contribution in [1.29, 1.82) is 0 Å². The third-order valence-corrected chi connectivity index (χ3v) is 7.99. The van der Waals surface area contributed by atoms with Crippen LogP contribution in [-0.4, -0.2) is 50.5 Å². The Labute approximate surface area is 262 Å². The summed E-state index contributed by atoms with van der Waals surface area (Å²) in [4.78, 5) is 35.4. The summed E-state index contributed by atoms with van der Waals surface area (Å²) in [7, 11) is 0. The van der Waals surface area contributed by atoms with Crippen LogP contribution in [0.3, 0.4) is 0 Å². The Morgan fingerprint density at radius 3 is 2.62 bits per heavy atom. The standard InChI is InChI=1S/C32H31F3N6O3S/c1-3-23-11-6-8-21(2)28(23)41-27(42)19-45-31(41)38-30(43)36-17-5-4-9-22-10-7-12-24(18-22)29-37-20-40(39-29)25-13-15-26(16-14-25)44-32(33,34)35/h6-8,10-16,18,20H,3-5,9,17,19H2,1-2H3,(H,36,43)/b38-31-. The number of hydrogen-bond donors (Lipinski definition) is 1. The molecule has 234 valence electrons. The van der Waals surface area contributed by atoms with E-state index in [0.717, 1.165) is 53.6 Å². The van der Waals surface area contributed by atoms with Gasteiger partial charge < -0.3 is 10.1 Å². The van der Waals surface area contributed by atoms with E-state index in [1.165, 1.54) is 47.0 Å². The molecule has 0 saturated carbocycles. The number of ether oxygens (including phenoxy) is 1. The molecule has 0 radical (unpaired) electrons. The second-order valence-corrected chi connectivity index (χ2v) is 11.2. The van der Waals surface area contributed by atoms with Gasteiger partial charge in [-0.25, -0.2) is 14.5 Å². The molecule has 4 aromatic rings. The number of hydrogen-bond acceptors (Lipinski definition) is 6. The number of carbonyl (C=O) groups is 2. The van der Waals surface area contributed by atoms with Gasteiger partial charge in [-0.3, -0.25) is 9.69 Å². The molecule has 3 aromatic carbocycles. The molecule has 1 saturated heterocycles. The van der Waals surface area contributed by atoms with Gasteiger partial charge in [-0.15, -0.1) is 18.3 Å². The molecule has 13 heteroatoms. The minimum absolute atomic E-state index is 0.0895. The number of carbonyl (C=O) groups excluding carboxylic acids is 2. The van der Waals surface area contributed by atoms with E-state index < -0.39 is 12.4 Å². The third kappa shape index (κ3) is 8.09. The number of amides is 3. The number of aliphatic imine (C=N–C) groups is 1. The zero-order chi connectivity index (χ0) is 32.0. The second-order valence-electron chi connectivity index (χ2n) is 10.3. The van der Waals surface area contributed by atoms with Crippen molar-refractivity contribution >= 4 is 34.6 Å². The molecule has 1 fully saturated rings. The van der Waals surface area contributed by atoms with Crippen LogP contribution in [0.2, 0.25) is 0 Å². The molecular weight excluding hydrogens is 605 g/mol. The van der Waals surface area contributed by atoms with Gasteiger partial charge in [0.15, 0.2) is 11.0 Å². The number of aromatic nitrogens is 3. The van der Waals surface area contributed by atoms with E-state index in [4.69, 9.17) is 0 Å². The van der Waals surface area contributed by atoms with E-state index in [2.05, 4.69) is 25.1 Å². The van der Waals surface area contributed by atoms with Gasteiger partial charge in [0.05, 0.1) is 17.1 Å². The molecule has 1 N–H and O–H groups in total. The molecule has 1 aliphatic heterocycles. The average Bonchev–Trinajstić information content (AvgIpc) is 3.64. The van der Waals surface area contributed by atoms with Crippen molar-refractivity contribution in [3.8, 4) is 22.8 Å². The molecule has 1 aliphatic rings. The number of rotatable bonds is 10. The first-order valence-electron chi connectivity index (χ1n) is 14.4. The highest BCUT2D eigenvalue weighted by Crippen LogP contribution is 2.33. The Hall–Kier alpha value is -4.65. The number of para-hydroxylation sites is 1. The maximum Gasteiger partial charge on any atom is 0.573 e. The normalized spacial score (nSPS) is 14.3. The summed E-state index contributed by atoms with van der Waals surface area (Å²) in [5.41, 5.74) is 5.21. The lowest BCUT2D eigenvalue weighted by molar-refractivity contribution is -0.274. The summed E-state index contributed by atoms with van der Waals surface area (Å²) in [5, 5.41) is 7.69. The van der Waals surface area contributed by atoms with Crippen molar-refractivity contribution < 1.29 is 27.5 Å². The van der Waals surface area contributed by atoms with Crippen LogP contribution >= 0.6 is 11.8 Å². The number of unbranched alkanes of at least 4 members (excludes halogenated alkanes) is 1. The number of thioether (sulfide) groups is 1. The van der Waals surface area contributed by atoms with Crippen LogP contribution in [0.4, 0.5) is 23.7 Å². The SMILES string of the molecule is CCc1cccc(C)c1N1C(=O)CS/C1=N\C(=O)NCCCCc1cccc(-c2ncn(-c3ccc(OC(F)(F)F)cc3)n2)c1. The maximum absolute atomic E-state index is 12.7. The van der Waals surface area contributed by atoms with E-state index in [1.54, 1.807) is 4.90 Å². The fraction of sp³-hybridized carbons (Fsp3) is 0.281. The van der Waals surface area contributed by atoms with Crippen LogP contribution in [0, 0.1) is 6.92 Å². The number of nitrogens with zero attached hydrogens (tertiary/aromatic N) is 5. The lowest BCUT2D eigenvalue weighted by Gasteiger charge is -2.21. The van der Waals surface area contributed by atoms with Crippen LogP contribution in [0.15, 0.2) is 78.0 Å². The van der Waals surface area contributed by atoms with Crippen molar-refractivity contribution in [3.63, 3.8) is 0 Å². The summed E-state index contributed by atoms with van der Waals surface area (Å²) >= 11 is 1.26. The maximum atomic E-state index is 12.7. The molecule has 0 spiro atoms. The number of aryl methyl sites for hydroxylation is 3. The molecule has 3 amide bonds. The topological polar surface area (TPSA) is 102 Å². The first-order chi connectivity index (χ1) is 21.6. The lowest BCUT2D eigenvalue weighted by Crippen LogP contribution is -2.32. The van der Waals surface area contributed by atoms with E-state index in [9.17, 15) is 22.8 Å². The molecule has 5 rings (SSSR count). The van der Waals surface area contributed by atoms with Gasteiger partial charge in [-0.1, -0.05) is 55.1 Å². The lowest BCUT2D eigenvalue weighted by atomic mass is 10.0. The quantitative estimate of drug-likeness (QED) is 0.191. The molecular formula is C32H31F3N6O3S. The van der Waals surface area contributed by atoms with E-state index in [-0.39, 0.29) is 17.4 Å². The monoisotopic (exact) mass is 636 g/mol. The minimum atomic E-state index is -4.75. The van der Waals surface area contributed by atoms with Crippen LogP contribution < -0.4 is 15.0 Å². The second kappa shape index (κ2) is 14.0. The number of nitrogens with one attached hydrogen (secondary N) is 1. The molecule has 0 unspecified atom stereocenters. The number of benzene rings is 3. The fourth-order valence-corrected chi connectivity index (χ4v) is 5.80. The third-order valence-electron chi connectivity index (χ3n) is 7.07. The highest BCUT2D eigenvalue weighted by atomic mass is 32.2. The molecule has 0 atom stereocenters. The van der Waals surface area contributed by atoms with Crippen LogP contribution in [0.25, 0.3) is 17.1 Å². The van der Waals surface area contributed by atoms with Gasteiger partial charge in [0.2, 0.25) is 5.91 Å². The van der Waals surface area contributed by atoms with Gasteiger partial charge >= 0.3 is 12.4 Å². The summed E-state index contributed by atoms with van der Waals surface area (Å²) < 4.78 is 42.7. The zero-order valence-electron chi connectivity index (χ0n) is 24.7. The van der Waals surface area contributed by atoms with Crippen molar-refractivity contribution in [2.24, 2.45) is 4.99 Å². The first kappa shape index (κ1) is 31.8. The average molecular weight is 637 g/mol. The largest absolute Gasteiger partial charge is 0.573 e. The van der Waals surface area contributed by atoms with Crippen molar-refractivity contribution in [2.75, 3.05) is 17.2 Å². The van der Waals surface area contributed by atoms with Crippen molar-refractivity contribution in [2.45, 2.75) is 45.9 Å². The van der Waals surface area contributed by atoms with E-state index in [0.29, 0.717) is 23.2 Å². The number of halogens is 3.